The molecule has 0 spiro atoms. The van der Waals surface area contributed by atoms with E-state index in [1.54, 1.807) is 88.4 Å². The van der Waals surface area contributed by atoms with Crippen LogP contribution in [0.15, 0.2) is 60.7 Å². The summed E-state index contributed by atoms with van der Waals surface area (Å²) in [5.74, 6) is -4.27. The van der Waals surface area contributed by atoms with Crippen LogP contribution in [0.5, 0.6) is 11.5 Å². The highest BCUT2D eigenvalue weighted by atomic mass is 32.1. The SMILES string of the molecule is C.CC(=O)OC[C@H](F)C1O[C@@H](OP(=O)(O)O)C(OC(C)=O)[C@@H](C)[C@@H]1C.CC(=O)OC[C@H](F)C1O[C@@H](OP(=O)(Oc2ccccc2)Oc2ccccc2)C(OC(C)=O)[C@@H](C)[C@@H]1C.S.S.S.S.S.S.S.S.S.S.S.S. The Kier molecular flexibility index (Phi) is 63.6. The minimum absolute atomic E-state index is 0. The van der Waals surface area contributed by atoms with Gasteiger partial charge in [0.15, 0.2) is 24.6 Å². The number of ether oxygens (including phenoxy) is 6. The number of hydrogen-bond donors (Lipinski definition) is 2. The second-order valence-corrected chi connectivity index (χ2v) is 16.8. The first-order valence-corrected chi connectivity index (χ1v) is 21.7. The van der Waals surface area contributed by atoms with Crippen LogP contribution in [0.4, 0.5) is 8.78 Å². The monoisotopic (exact) mass is 1320 g/mol. The lowest BCUT2D eigenvalue weighted by Crippen LogP contribution is -2.55. The van der Waals surface area contributed by atoms with Crippen LogP contribution in [0.3, 0.4) is 0 Å². The standard InChI is InChI=1S/C25H30FO9P.C13H22FO9P.CH4.12H2S/c1-16-17(2)24(31-19(4)28)25(32-23(16)22(26)15-30-18(3)27)35-36(29,33-20-11-7-5-8-12-20)34-21-13-9-6-10-14-21;1-6-7(2)12(21-9(4)16)13(23-24(17,18)19)22-11(6)10(14)5-20-8(3)15;;;;;;;;;;;;;/h5-14,16-17,22-25H,15H2,1-4H3;6-7,10-13H,5H2,1-4H3,(H2,17,18,19);1H4;12*1H2/t16-,17-,22-,23?,24?,25-;6-,7-,10-,11?,12?,13-;;;;;;;;;;;;;/m00............./s1. The summed E-state index contributed by atoms with van der Waals surface area (Å²) in [6.07, 6.45) is -11.1. The Hall–Kier alpha value is 0.200. The van der Waals surface area contributed by atoms with Gasteiger partial charge in [-0.3, -0.25) is 23.7 Å². The lowest BCUT2D eigenvalue weighted by molar-refractivity contribution is -0.263. The number of rotatable bonds is 16. The molecule has 2 aromatic rings. The number of carbonyl (C=O) groups excluding carboxylic acids is 4. The summed E-state index contributed by atoms with van der Waals surface area (Å²) in [5.41, 5.74) is 0. The van der Waals surface area contributed by atoms with E-state index in [0.717, 1.165) is 13.8 Å². The van der Waals surface area contributed by atoms with Gasteiger partial charge in [0.05, 0.1) is 12.2 Å². The van der Waals surface area contributed by atoms with E-state index in [2.05, 4.69) is 9.26 Å². The average molecular weight is 1320 g/mol. The normalized spacial score (nSPS) is 22.8. The number of carbonyl (C=O) groups is 4. The quantitative estimate of drug-likeness (QED) is 0.0920. The Morgan fingerprint density at radius 2 is 0.808 bits per heavy atom. The van der Waals surface area contributed by atoms with Crippen LogP contribution in [-0.2, 0) is 65.8 Å². The van der Waals surface area contributed by atoms with E-state index in [1.807, 2.05) is 0 Å². The maximum Gasteiger partial charge on any atom is 0.590 e. The molecule has 0 radical (unpaired) electrons. The van der Waals surface area contributed by atoms with Gasteiger partial charge in [-0.05, 0) is 36.1 Å². The van der Waals surface area contributed by atoms with Gasteiger partial charge in [-0.2, -0.15) is 162 Å². The number of benzene rings is 2. The molecular weight excluding hydrogens is 1240 g/mol. The molecule has 0 amide bonds. The number of esters is 4. The molecule has 0 aliphatic carbocycles. The number of para-hydroxylation sites is 2. The Morgan fingerprint density at radius 1 is 0.521 bits per heavy atom. The molecule has 18 nitrogen and oxygen atoms in total. The first-order chi connectivity index (χ1) is 28.0. The molecule has 2 heterocycles. The van der Waals surface area contributed by atoms with Gasteiger partial charge in [0.1, 0.15) is 24.7 Å². The van der Waals surface area contributed by atoms with Crippen molar-refractivity contribution in [3.05, 3.63) is 60.7 Å². The molecule has 0 saturated carbocycles. The van der Waals surface area contributed by atoms with Crippen LogP contribution in [-0.4, -0.2) is 96.2 Å². The largest absolute Gasteiger partial charge is 0.590 e. The number of halogens is 2. The van der Waals surface area contributed by atoms with Crippen molar-refractivity contribution in [3.63, 3.8) is 0 Å². The lowest BCUT2D eigenvalue weighted by Gasteiger charge is -2.44. The van der Waals surface area contributed by atoms with E-state index in [-0.39, 0.29) is 181 Å². The zero-order valence-electron chi connectivity index (χ0n) is 40.2. The second-order valence-electron chi connectivity index (χ2n) is 14.1. The molecule has 73 heavy (non-hydrogen) atoms. The summed E-state index contributed by atoms with van der Waals surface area (Å²) in [4.78, 5) is 63.0. The van der Waals surface area contributed by atoms with E-state index >= 15 is 4.39 Å². The molecule has 2 fully saturated rings. The summed E-state index contributed by atoms with van der Waals surface area (Å²) < 4.78 is 107. The third kappa shape index (κ3) is 34.1. The lowest BCUT2D eigenvalue weighted by atomic mass is 9.82. The maximum absolute atomic E-state index is 15.1. The van der Waals surface area contributed by atoms with Crippen LogP contribution in [0.1, 0.15) is 62.8 Å². The summed E-state index contributed by atoms with van der Waals surface area (Å²) in [6.45, 7) is 10.2. The third-order valence-electron chi connectivity index (χ3n) is 9.45. The van der Waals surface area contributed by atoms with Gasteiger partial charge in [0.25, 0.3) is 0 Å². The third-order valence-corrected chi connectivity index (χ3v) is 11.3. The fourth-order valence-corrected chi connectivity index (χ4v) is 7.99. The molecule has 0 aromatic heterocycles. The number of hydrogen-bond acceptors (Lipinski definition) is 16. The molecular formula is C39H80F2O18P2S12. The van der Waals surface area contributed by atoms with Gasteiger partial charge >= 0.3 is 39.5 Å². The van der Waals surface area contributed by atoms with Crippen molar-refractivity contribution in [2.24, 2.45) is 23.7 Å². The molecule has 2 aromatic carbocycles. The topological polar surface area (TPSA) is 235 Å². The van der Waals surface area contributed by atoms with Crippen molar-refractivity contribution in [2.45, 2.75) is 112 Å². The van der Waals surface area contributed by atoms with Gasteiger partial charge in [-0.1, -0.05) is 71.5 Å². The van der Waals surface area contributed by atoms with Crippen LogP contribution in [0.2, 0.25) is 0 Å². The summed E-state index contributed by atoms with van der Waals surface area (Å²) in [7, 11) is -9.44. The molecule has 34 heteroatoms. The van der Waals surface area contributed by atoms with E-state index in [9.17, 15) is 32.7 Å². The summed E-state index contributed by atoms with van der Waals surface area (Å²) in [6, 6.07) is 16.4. The minimum Gasteiger partial charge on any atom is -0.463 e. The maximum atomic E-state index is 15.1. The number of phosphoric acid groups is 2. The zero-order chi connectivity index (χ0) is 44.9. The van der Waals surface area contributed by atoms with Crippen molar-refractivity contribution < 1.29 is 93.4 Å². The summed E-state index contributed by atoms with van der Waals surface area (Å²) in [5, 5.41) is 0. The molecule has 2 aliphatic rings. The fraction of sp³-hybridized carbons (Fsp3) is 0.590. The van der Waals surface area contributed by atoms with Crippen LogP contribution < -0.4 is 9.05 Å². The van der Waals surface area contributed by atoms with Gasteiger partial charge in [-0.25, -0.2) is 22.4 Å². The number of phosphoric ester groups is 2. The average Bonchev–Trinajstić information content (AvgIpc) is 3.15. The summed E-state index contributed by atoms with van der Waals surface area (Å²) >= 11 is 0. The predicted octanol–water partition coefficient (Wildman–Crippen LogP) is 8.01. The van der Waals surface area contributed by atoms with Crippen molar-refractivity contribution in [2.75, 3.05) is 13.2 Å². The number of alkyl halides is 2. The van der Waals surface area contributed by atoms with Gasteiger partial charge in [0.2, 0.25) is 12.6 Å². The molecule has 4 unspecified atom stereocenters. The van der Waals surface area contributed by atoms with Crippen molar-refractivity contribution in [3.8, 4) is 11.5 Å². The Labute approximate surface area is 511 Å². The first-order valence-electron chi connectivity index (χ1n) is 18.7. The molecule has 4 rings (SSSR count). The first kappa shape index (κ1) is 98.6. The van der Waals surface area contributed by atoms with E-state index in [4.69, 9.17) is 47.0 Å². The Morgan fingerprint density at radius 3 is 1.07 bits per heavy atom. The highest BCUT2D eigenvalue weighted by Crippen LogP contribution is 2.53. The predicted molar refractivity (Wildman–Crippen MR) is 335 cm³/mol. The van der Waals surface area contributed by atoms with Crippen molar-refractivity contribution >= 4 is 201 Å². The van der Waals surface area contributed by atoms with Gasteiger partial charge in [-0.15, -0.1) is 0 Å². The van der Waals surface area contributed by atoms with Gasteiger partial charge in [0, 0.05) is 39.5 Å². The molecule has 2 aliphatic heterocycles. The van der Waals surface area contributed by atoms with E-state index in [0.29, 0.717) is 0 Å². The van der Waals surface area contributed by atoms with Crippen LogP contribution in [0, 0.1) is 23.7 Å². The molecule has 2 N–H and O–H groups in total. The minimum atomic E-state index is -4.97. The molecule has 2 saturated heterocycles. The van der Waals surface area contributed by atoms with E-state index in [1.165, 1.54) is 13.8 Å². The molecule has 12 atom stereocenters. The highest BCUT2D eigenvalue weighted by Gasteiger charge is 2.52. The zero-order valence-corrected chi connectivity index (χ0v) is 54.0. The fourth-order valence-electron chi connectivity index (χ4n) is 6.24. The van der Waals surface area contributed by atoms with Crippen molar-refractivity contribution in [1.29, 1.82) is 0 Å². The molecule has 0 bridgehead atoms. The highest BCUT2D eigenvalue weighted by molar-refractivity contribution is 7.60. The van der Waals surface area contributed by atoms with Crippen LogP contribution in [0.25, 0.3) is 0 Å². The second kappa shape index (κ2) is 47.1. The Balaban J connectivity index is -0.000000104. The van der Waals surface area contributed by atoms with E-state index < -0.39 is 126 Å². The Bertz CT molecular complexity index is 1800. The van der Waals surface area contributed by atoms with Gasteiger partial charge < -0.3 is 47.3 Å². The van der Waals surface area contributed by atoms with Crippen LogP contribution >= 0.6 is 178 Å². The van der Waals surface area contributed by atoms with Crippen molar-refractivity contribution in [1.82, 2.24) is 0 Å². The molecule has 440 valence electrons. The smallest absolute Gasteiger partial charge is 0.463 e.